The van der Waals surface area contributed by atoms with Crippen molar-refractivity contribution in [3.05, 3.63) is 71.4 Å². The second-order valence-corrected chi connectivity index (χ2v) is 7.73. The number of hydrogen-bond acceptors (Lipinski definition) is 4. The highest BCUT2D eigenvalue weighted by Crippen LogP contribution is 2.37. The summed E-state index contributed by atoms with van der Waals surface area (Å²) in [4.78, 5) is 30.4. The van der Waals surface area contributed by atoms with Crippen molar-refractivity contribution in [2.75, 3.05) is 13.7 Å². The van der Waals surface area contributed by atoms with Crippen LogP contribution in [0.1, 0.15) is 23.2 Å². The van der Waals surface area contributed by atoms with Crippen LogP contribution in [0, 0.1) is 0 Å². The Morgan fingerprint density at radius 3 is 2.58 bits per heavy atom. The van der Waals surface area contributed by atoms with Gasteiger partial charge < -0.3 is 14.7 Å². The third-order valence-corrected chi connectivity index (χ3v) is 5.82. The zero-order chi connectivity index (χ0) is 22.0. The van der Waals surface area contributed by atoms with E-state index in [4.69, 9.17) is 16.3 Å². The molecule has 0 radical (unpaired) electrons. The monoisotopic (exact) mass is 436 g/mol. The number of halogens is 1. The molecule has 1 fully saturated rings. The maximum Gasteiger partial charge on any atom is 0.326 e. The Bertz CT molecular complexity index is 1130. The summed E-state index contributed by atoms with van der Waals surface area (Å²) in [6.45, 7) is 0.432. The van der Waals surface area contributed by atoms with Gasteiger partial charge in [-0.2, -0.15) is 0 Å². The van der Waals surface area contributed by atoms with E-state index < -0.39 is 12.0 Å². The van der Waals surface area contributed by atoms with Crippen LogP contribution in [0.15, 0.2) is 60.8 Å². The number of aliphatic carboxylic acids is 1. The molecule has 1 atom stereocenters. The molecule has 31 heavy (non-hydrogen) atoms. The minimum absolute atomic E-state index is 0.294. The molecule has 2 heterocycles. The van der Waals surface area contributed by atoms with E-state index in [-0.39, 0.29) is 5.91 Å². The second kappa shape index (κ2) is 8.78. The number of carbonyl (C=O) groups is 2. The molecule has 1 unspecified atom stereocenters. The quantitative estimate of drug-likeness (QED) is 0.623. The molecular formula is C24H21ClN2O4. The van der Waals surface area contributed by atoms with Gasteiger partial charge in [0.15, 0.2) is 0 Å². The van der Waals surface area contributed by atoms with Gasteiger partial charge >= 0.3 is 5.97 Å². The van der Waals surface area contributed by atoms with Gasteiger partial charge in [0.2, 0.25) is 5.88 Å². The van der Waals surface area contributed by atoms with E-state index >= 15 is 0 Å². The molecule has 4 rings (SSSR count). The lowest BCUT2D eigenvalue weighted by Crippen LogP contribution is -2.40. The molecule has 6 nitrogen and oxygen atoms in total. The Hall–Kier alpha value is -3.38. The van der Waals surface area contributed by atoms with E-state index in [1.54, 1.807) is 37.6 Å². The minimum atomic E-state index is -0.974. The van der Waals surface area contributed by atoms with E-state index in [0.717, 1.165) is 22.3 Å². The maximum absolute atomic E-state index is 13.2. The average molecular weight is 437 g/mol. The number of ether oxygens (including phenoxy) is 1. The average Bonchev–Trinajstić information content (AvgIpc) is 3.29. The largest absolute Gasteiger partial charge is 0.481 e. The van der Waals surface area contributed by atoms with E-state index in [9.17, 15) is 14.7 Å². The van der Waals surface area contributed by atoms with Crippen molar-refractivity contribution in [1.82, 2.24) is 9.88 Å². The van der Waals surface area contributed by atoms with Crippen molar-refractivity contribution in [3.63, 3.8) is 0 Å². The topological polar surface area (TPSA) is 79.7 Å². The number of pyridine rings is 1. The number of rotatable bonds is 5. The van der Waals surface area contributed by atoms with Gasteiger partial charge in [-0.15, -0.1) is 0 Å². The Kier molecular flexibility index (Phi) is 5.91. The first-order valence-electron chi connectivity index (χ1n) is 9.92. The van der Waals surface area contributed by atoms with Crippen LogP contribution in [-0.4, -0.2) is 46.6 Å². The van der Waals surface area contributed by atoms with Crippen LogP contribution < -0.4 is 4.74 Å². The van der Waals surface area contributed by atoms with Crippen molar-refractivity contribution < 1.29 is 19.4 Å². The number of amides is 1. The SMILES string of the molecule is COc1ccc(-c2ccc(C(=O)N3CCCC3C(=O)O)cc2-c2ccccc2Cl)cn1. The van der Waals surface area contributed by atoms with Crippen LogP contribution in [0.5, 0.6) is 5.88 Å². The number of hydrogen-bond donors (Lipinski definition) is 1. The molecule has 1 aliphatic rings. The van der Waals surface area contributed by atoms with E-state index in [1.807, 2.05) is 30.3 Å². The number of carboxylic acids is 1. The van der Waals surface area contributed by atoms with Crippen molar-refractivity contribution in [2.45, 2.75) is 18.9 Å². The molecule has 0 aliphatic carbocycles. The number of carbonyl (C=O) groups excluding carboxylic acids is 1. The highest BCUT2D eigenvalue weighted by atomic mass is 35.5. The van der Waals surface area contributed by atoms with Gasteiger partial charge in [-0.25, -0.2) is 9.78 Å². The van der Waals surface area contributed by atoms with Crippen LogP contribution >= 0.6 is 11.6 Å². The van der Waals surface area contributed by atoms with Crippen molar-refractivity contribution in [1.29, 1.82) is 0 Å². The molecule has 1 saturated heterocycles. The number of benzene rings is 2. The molecule has 3 aromatic rings. The van der Waals surface area contributed by atoms with E-state index in [2.05, 4.69) is 4.98 Å². The summed E-state index contributed by atoms with van der Waals surface area (Å²) in [5.41, 5.74) is 3.68. The van der Waals surface area contributed by atoms with Crippen LogP contribution in [0.25, 0.3) is 22.3 Å². The van der Waals surface area contributed by atoms with E-state index in [1.165, 1.54) is 4.90 Å². The van der Waals surface area contributed by atoms with Crippen molar-refractivity contribution in [3.8, 4) is 28.1 Å². The molecular weight excluding hydrogens is 416 g/mol. The fraction of sp³-hybridized carbons (Fsp3) is 0.208. The Morgan fingerprint density at radius 2 is 1.90 bits per heavy atom. The zero-order valence-corrected chi connectivity index (χ0v) is 17.7. The van der Waals surface area contributed by atoms with Crippen molar-refractivity contribution >= 4 is 23.5 Å². The van der Waals surface area contributed by atoms with Crippen LogP contribution in [0.4, 0.5) is 0 Å². The molecule has 1 amide bonds. The Morgan fingerprint density at radius 1 is 1.10 bits per heavy atom. The number of aromatic nitrogens is 1. The van der Waals surface area contributed by atoms with Crippen molar-refractivity contribution in [2.24, 2.45) is 0 Å². The van der Waals surface area contributed by atoms with Gasteiger partial charge in [0, 0.05) is 40.5 Å². The van der Waals surface area contributed by atoms with Gasteiger partial charge in [0.1, 0.15) is 6.04 Å². The molecule has 2 aromatic carbocycles. The van der Waals surface area contributed by atoms with E-state index in [0.29, 0.717) is 35.9 Å². The molecule has 158 valence electrons. The van der Waals surface area contributed by atoms with Gasteiger partial charge in [0.05, 0.1) is 7.11 Å². The number of likely N-dealkylation sites (tertiary alicyclic amines) is 1. The van der Waals surface area contributed by atoms with Crippen LogP contribution in [-0.2, 0) is 4.79 Å². The maximum atomic E-state index is 13.2. The summed E-state index contributed by atoms with van der Waals surface area (Å²) in [6.07, 6.45) is 2.85. The van der Waals surface area contributed by atoms with Gasteiger partial charge in [0.25, 0.3) is 5.91 Å². The number of methoxy groups -OCH3 is 1. The van der Waals surface area contributed by atoms with Crippen LogP contribution in [0.3, 0.4) is 0 Å². The first kappa shape index (κ1) is 20.9. The number of nitrogens with zero attached hydrogens (tertiary/aromatic N) is 2. The molecule has 1 aliphatic heterocycles. The lowest BCUT2D eigenvalue weighted by Gasteiger charge is -2.22. The molecule has 0 bridgehead atoms. The summed E-state index contributed by atoms with van der Waals surface area (Å²) >= 11 is 6.48. The predicted octanol–water partition coefficient (Wildman–Crippen LogP) is 4.77. The second-order valence-electron chi connectivity index (χ2n) is 7.32. The first-order valence-corrected chi connectivity index (χ1v) is 10.3. The summed E-state index contributed by atoms with van der Waals surface area (Å²) in [7, 11) is 1.56. The van der Waals surface area contributed by atoms with Gasteiger partial charge in [-0.05, 0) is 48.2 Å². The first-order chi connectivity index (χ1) is 15.0. The standard InChI is InChI=1S/C24H21ClN2O4/c1-31-22-11-9-16(14-26-22)17-10-8-15(13-19(17)18-5-2-3-6-20(18)25)23(28)27-12-4-7-21(27)24(29)30/h2-3,5-6,8-11,13-14,21H,4,7,12H2,1H3,(H,29,30). The summed E-state index contributed by atoms with van der Waals surface area (Å²) in [6, 6.07) is 15.6. The normalized spacial score (nSPS) is 15.7. The molecule has 0 saturated carbocycles. The molecule has 1 aromatic heterocycles. The third kappa shape index (κ3) is 4.11. The summed E-state index contributed by atoms with van der Waals surface area (Å²) in [5, 5.41) is 10.0. The Balaban J connectivity index is 1.81. The van der Waals surface area contributed by atoms with Crippen LogP contribution in [0.2, 0.25) is 5.02 Å². The lowest BCUT2D eigenvalue weighted by atomic mass is 9.93. The third-order valence-electron chi connectivity index (χ3n) is 5.49. The summed E-state index contributed by atoms with van der Waals surface area (Å²) in [5.74, 6) is -0.765. The molecule has 1 N–H and O–H groups in total. The van der Waals surface area contributed by atoms with Gasteiger partial charge in [-0.3, -0.25) is 4.79 Å². The number of carboxylic acid groups (broad SMARTS) is 1. The fourth-order valence-corrected chi connectivity index (χ4v) is 4.16. The molecule has 0 spiro atoms. The Labute approximate surface area is 185 Å². The highest BCUT2D eigenvalue weighted by molar-refractivity contribution is 6.33. The lowest BCUT2D eigenvalue weighted by molar-refractivity contribution is -0.141. The smallest absolute Gasteiger partial charge is 0.326 e. The zero-order valence-electron chi connectivity index (χ0n) is 16.9. The fourth-order valence-electron chi connectivity index (χ4n) is 3.92. The minimum Gasteiger partial charge on any atom is -0.481 e. The van der Waals surface area contributed by atoms with Gasteiger partial charge in [-0.1, -0.05) is 35.9 Å². The summed E-state index contributed by atoms with van der Waals surface area (Å²) < 4.78 is 5.15. The molecule has 7 heteroatoms. The highest BCUT2D eigenvalue weighted by Gasteiger charge is 2.34. The predicted molar refractivity (Wildman–Crippen MR) is 118 cm³/mol.